The summed E-state index contributed by atoms with van der Waals surface area (Å²) in [4.78, 5) is 5.05. The lowest BCUT2D eigenvalue weighted by atomic mass is 10.2. The first-order valence-electron chi connectivity index (χ1n) is 7.63. The van der Waals surface area contributed by atoms with Crippen LogP contribution in [0.5, 0.6) is 0 Å². The van der Waals surface area contributed by atoms with Crippen LogP contribution < -0.4 is 10.2 Å². The Balaban J connectivity index is 1.66. The van der Waals surface area contributed by atoms with E-state index in [0.717, 1.165) is 19.6 Å². The molecule has 2 rings (SSSR count). The molecule has 19 heavy (non-hydrogen) atoms. The van der Waals surface area contributed by atoms with Gasteiger partial charge in [-0.2, -0.15) is 0 Å². The Labute approximate surface area is 117 Å². The molecule has 1 aliphatic heterocycles. The van der Waals surface area contributed by atoms with Gasteiger partial charge in [-0.25, -0.2) is 0 Å². The molecule has 0 amide bonds. The van der Waals surface area contributed by atoms with Crippen molar-refractivity contribution in [1.29, 1.82) is 0 Å². The highest BCUT2D eigenvalue weighted by molar-refractivity contribution is 5.45. The van der Waals surface area contributed by atoms with Crippen LogP contribution in [0.2, 0.25) is 0 Å². The maximum atomic E-state index is 3.40. The first-order chi connectivity index (χ1) is 9.40. The minimum absolute atomic E-state index is 1.09. The van der Waals surface area contributed by atoms with E-state index in [2.05, 4.69) is 52.4 Å². The molecule has 3 nitrogen and oxygen atoms in total. The van der Waals surface area contributed by atoms with Crippen molar-refractivity contribution in [2.24, 2.45) is 0 Å². The van der Waals surface area contributed by atoms with Gasteiger partial charge in [-0.1, -0.05) is 18.2 Å². The number of benzene rings is 1. The number of hydrogen-bond acceptors (Lipinski definition) is 3. The van der Waals surface area contributed by atoms with Gasteiger partial charge in [-0.05, 0) is 38.4 Å². The highest BCUT2D eigenvalue weighted by Crippen LogP contribution is 2.13. The van der Waals surface area contributed by atoms with Crippen molar-refractivity contribution in [3.8, 4) is 0 Å². The summed E-state index contributed by atoms with van der Waals surface area (Å²) in [5.41, 5.74) is 1.35. The molecule has 1 saturated heterocycles. The molecule has 0 aliphatic carbocycles. The van der Waals surface area contributed by atoms with Crippen LogP contribution in [0.3, 0.4) is 0 Å². The van der Waals surface area contributed by atoms with Gasteiger partial charge in [0.25, 0.3) is 0 Å². The molecule has 1 N–H and O–H groups in total. The predicted octanol–water partition coefficient (Wildman–Crippen LogP) is 2.20. The smallest absolute Gasteiger partial charge is 0.0366 e. The Morgan fingerprint density at radius 2 is 1.84 bits per heavy atom. The summed E-state index contributed by atoms with van der Waals surface area (Å²) in [5.74, 6) is 0. The van der Waals surface area contributed by atoms with Crippen LogP contribution in [0.15, 0.2) is 30.3 Å². The Bertz CT molecular complexity index is 333. The first kappa shape index (κ1) is 14.4. The Morgan fingerprint density at radius 3 is 2.53 bits per heavy atom. The summed E-state index contributed by atoms with van der Waals surface area (Å²) in [5, 5.41) is 3.40. The highest BCUT2D eigenvalue weighted by Gasteiger charge is 2.09. The SMILES string of the molecule is CCN(CCCCN1CCNCC1)c1ccccc1. The van der Waals surface area contributed by atoms with E-state index in [1.807, 2.05) is 0 Å². The van der Waals surface area contributed by atoms with E-state index in [1.165, 1.54) is 44.7 Å². The number of anilines is 1. The van der Waals surface area contributed by atoms with Crippen molar-refractivity contribution in [2.75, 3.05) is 50.7 Å². The van der Waals surface area contributed by atoms with Crippen LogP contribution in [0.4, 0.5) is 5.69 Å². The van der Waals surface area contributed by atoms with Crippen LogP contribution >= 0.6 is 0 Å². The minimum atomic E-state index is 1.09. The molecule has 0 aromatic heterocycles. The lowest BCUT2D eigenvalue weighted by Gasteiger charge is -2.28. The molecule has 0 bridgehead atoms. The molecule has 1 fully saturated rings. The quantitative estimate of drug-likeness (QED) is 0.759. The Hall–Kier alpha value is -1.06. The number of nitrogens with one attached hydrogen (secondary N) is 1. The first-order valence-corrected chi connectivity index (χ1v) is 7.63. The van der Waals surface area contributed by atoms with Gasteiger partial charge < -0.3 is 15.1 Å². The monoisotopic (exact) mass is 261 g/mol. The van der Waals surface area contributed by atoms with Crippen LogP contribution in [0.1, 0.15) is 19.8 Å². The van der Waals surface area contributed by atoms with Crippen LogP contribution in [0, 0.1) is 0 Å². The number of para-hydroxylation sites is 1. The molecule has 0 radical (unpaired) electrons. The van der Waals surface area contributed by atoms with E-state index < -0.39 is 0 Å². The minimum Gasteiger partial charge on any atom is -0.372 e. The number of rotatable bonds is 7. The molecule has 1 heterocycles. The van der Waals surface area contributed by atoms with E-state index in [1.54, 1.807) is 0 Å². The lowest BCUT2D eigenvalue weighted by molar-refractivity contribution is 0.237. The second kappa shape index (κ2) is 8.18. The topological polar surface area (TPSA) is 18.5 Å². The summed E-state index contributed by atoms with van der Waals surface area (Å²) in [6, 6.07) is 10.7. The molecule has 0 saturated carbocycles. The van der Waals surface area contributed by atoms with Crippen molar-refractivity contribution in [3.63, 3.8) is 0 Å². The Kier molecular flexibility index (Phi) is 6.18. The average molecular weight is 261 g/mol. The zero-order valence-corrected chi connectivity index (χ0v) is 12.1. The third-order valence-electron chi connectivity index (χ3n) is 3.87. The van der Waals surface area contributed by atoms with Crippen molar-refractivity contribution in [3.05, 3.63) is 30.3 Å². The molecule has 0 unspecified atom stereocenters. The van der Waals surface area contributed by atoms with Crippen LogP contribution in [0.25, 0.3) is 0 Å². The maximum absolute atomic E-state index is 3.40. The number of piperazine rings is 1. The summed E-state index contributed by atoms with van der Waals surface area (Å²) in [6.07, 6.45) is 2.59. The van der Waals surface area contributed by atoms with Gasteiger partial charge in [0.2, 0.25) is 0 Å². The second-order valence-electron chi connectivity index (χ2n) is 5.21. The molecule has 0 spiro atoms. The molecule has 3 heteroatoms. The van der Waals surface area contributed by atoms with Gasteiger partial charge in [0, 0.05) is 45.0 Å². The van der Waals surface area contributed by atoms with Crippen molar-refractivity contribution in [1.82, 2.24) is 10.2 Å². The standard InChI is InChI=1S/C16H27N3/c1-2-19(16-8-4-3-5-9-16)13-7-6-12-18-14-10-17-11-15-18/h3-5,8-9,17H,2,6-7,10-15H2,1H3. The van der Waals surface area contributed by atoms with Crippen molar-refractivity contribution in [2.45, 2.75) is 19.8 Å². The molecule has 1 aromatic carbocycles. The fraction of sp³-hybridized carbons (Fsp3) is 0.625. The van der Waals surface area contributed by atoms with E-state index >= 15 is 0 Å². The number of nitrogens with zero attached hydrogens (tertiary/aromatic N) is 2. The fourth-order valence-electron chi connectivity index (χ4n) is 2.68. The van der Waals surface area contributed by atoms with Gasteiger partial charge >= 0.3 is 0 Å². The zero-order chi connectivity index (χ0) is 13.3. The average Bonchev–Trinajstić information content (AvgIpc) is 2.49. The van der Waals surface area contributed by atoms with Gasteiger partial charge in [0.15, 0.2) is 0 Å². The second-order valence-corrected chi connectivity index (χ2v) is 5.21. The fourth-order valence-corrected chi connectivity index (χ4v) is 2.68. The third kappa shape index (κ3) is 4.84. The molecule has 0 atom stereocenters. The third-order valence-corrected chi connectivity index (χ3v) is 3.87. The Morgan fingerprint density at radius 1 is 1.11 bits per heavy atom. The van der Waals surface area contributed by atoms with E-state index in [0.29, 0.717) is 0 Å². The van der Waals surface area contributed by atoms with Gasteiger partial charge in [-0.3, -0.25) is 0 Å². The molecule has 106 valence electrons. The molecule has 1 aromatic rings. The predicted molar refractivity (Wildman–Crippen MR) is 82.9 cm³/mol. The normalized spacial score (nSPS) is 16.5. The number of unbranched alkanes of at least 4 members (excludes halogenated alkanes) is 1. The van der Waals surface area contributed by atoms with E-state index in [-0.39, 0.29) is 0 Å². The zero-order valence-electron chi connectivity index (χ0n) is 12.1. The summed E-state index contributed by atoms with van der Waals surface area (Å²) in [7, 11) is 0. The number of hydrogen-bond donors (Lipinski definition) is 1. The largest absolute Gasteiger partial charge is 0.372 e. The summed E-state index contributed by atoms with van der Waals surface area (Å²) >= 11 is 0. The van der Waals surface area contributed by atoms with E-state index in [4.69, 9.17) is 0 Å². The lowest BCUT2D eigenvalue weighted by Crippen LogP contribution is -2.43. The summed E-state index contributed by atoms with van der Waals surface area (Å²) in [6.45, 7) is 10.5. The molecule has 1 aliphatic rings. The van der Waals surface area contributed by atoms with Gasteiger partial charge in [-0.15, -0.1) is 0 Å². The van der Waals surface area contributed by atoms with Gasteiger partial charge in [0.05, 0.1) is 0 Å². The highest BCUT2D eigenvalue weighted by atomic mass is 15.2. The van der Waals surface area contributed by atoms with Gasteiger partial charge in [0.1, 0.15) is 0 Å². The summed E-state index contributed by atoms with van der Waals surface area (Å²) < 4.78 is 0. The van der Waals surface area contributed by atoms with Crippen LogP contribution in [-0.4, -0.2) is 50.7 Å². The van der Waals surface area contributed by atoms with Crippen molar-refractivity contribution < 1.29 is 0 Å². The van der Waals surface area contributed by atoms with Crippen LogP contribution in [-0.2, 0) is 0 Å². The molecular weight excluding hydrogens is 234 g/mol. The maximum Gasteiger partial charge on any atom is 0.0366 e. The molecular formula is C16H27N3. The van der Waals surface area contributed by atoms with E-state index in [9.17, 15) is 0 Å². The van der Waals surface area contributed by atoms with Crippen molar-refractivity contribution >= 4 is 5.69 Å².